The third-order valence-corrected chi connectivity index (χ3v) is 6.35. The van der Waals surface area contributed by atoms with Gasteiger partial charge < -0.3 is 14.7 Å². The predicted octanol–water partition coefficient (Wildman–Crippen LogP) is 2.35. The average molecular weight is 456 g/mol. The molecule has 1 aliphatic rings. The van der Waals surface area contributed by atoms with Crippen molar-refractivity contribution in [2.75, 3.05) is 24.5 Å². The highest BCUT2D eigenvalue weighted by atomic mass is 32.2. The Bertz CT molecular complexity index is 1170. The zero-order valence-electron chi connectivity index (χ0n) is 17.5. The molecular weight excluding hydrogens is 430 g/mol. The minimum absolute atomic E-state index is 0.0487. The number of amides is 1. The summed E-state index contributed by atoms with van der Waals surface area (Å²) in [6.45, 7) is 2.47. The Morgan fingerprint density at radius 3 is 2.38 bits per heavy atom. The summed E-state index contributed by atoms with van der Waals surface area (Å²) >= 11 is 0. The van der Waals surface area contributed by atoms with Gasteiger partial charge in [0.25, 0.3) is 0 Å². The van der Waals surface area contributed by atoms with E-state index in [1.165, 1.54) is 37.1 Å². The monoisotopic (exact) mass is 455 g/mol. The van der Waals surface area contributed by atoms with Crippen molar-refractivity contribution in [3.8, 4) is 11.4 Å². The van der Waals surface area contributed by atoms with E-state index < -0.39 is 15.9 Å². The van der Waals surface area contributed by atoms with E-state index in [1.807, 2.05) is 24.3 Å². The normalized spacial score (nSPS) is 14.3. The van der Waals surface area contributed by atoms with E-state index in [9.17, 15) is 13.2 Å². The number of piperidine rings is 1. The molecule has 1 fully saturated rings. The third-order valence-electron chi connectivity index (χ3n) is 5.42. The predicted molar refractivity (Wildman–Crippen MR) is 120 cm³/mol. The molecular formula is C22H25N5O4S. The SMILES string of the molecule is NS(=O)(=O)c1ccc(CCNC(=O)c2nc(-c3ccc(N4CCCCC4)cc3)no2)cc1. The van der Waals surface area contributed by atoms with Crippen molar-refractivity contribution in [3.63, 3.8) is 0 Å². The van der Waals surface area contributed by atoms with Gasteiger partial charge in [-0.05, 0) is 67.6 Å². The Labute approximate surface area is 186 Å². The first-order valence-electron chi connectivity index (χ1n) is 10.5. The quantitative estimate of drug-likeness (QED) is 0.559. The van der Waals surface area contributed by atoms with Crippen molar-refractivity contribution < 1.29 is 17.7 Å². The Hall–Kier alpha value is -3.24. The van der Waals surface area contributed by atoms with Crippen LogP contribution < -0.4 is 15.4 Å². The van der Waals surface area contributed by atoms with Gasteiger partial charge in [0.15, 0.2) is 0 Å². The summed E-state index contributed by atoms with van der Waals surface area (Å²) in [6.07, 6.45) is 4.22. The Morgan fingerprint density at radius 2 is 1.72 bits per heavy atom. The number of rotatable bonds is 7. The number of anilines is 1. The van der Waals surface area contributed by atoms with Crippen molar-refractivity contribution in [1.29, 1.82) is 0 Å². The molecule has 0 unspecified atom stereocenters. The van der Waals surface area contributed by atoms with Gasteiger partial charge in [0.1, 0.15) is 0 Å². The molecule has 1 aromatic heterocycles. The number of benzene rings is 2. The summed E-state index contributed by atoms with van der Waals surface area (Å²) in [5, 5.41) is 11.7. The fraction of sp³-hybridized carbons (Fsp3) is 0.318. The highest BCUT2D eigenvalue weighted by Crippen LogP contribution is 2.23. The summed E-state index contributed by atoms with van der Waals surface area (Å²) in [5.74, 6) is -0.210. The van der Waals surface area contributed by atoms with Gasteiger partial charge in [0.2, 0.25) is 15.8 Å². The van der Waals surface area contributed by atoms with Gasteiger partial charge in [0.05, 0.1) is 4.90 Å². The van der Waals surface area contributed by atoms with Crippen LogP contribution in [0.1, 0.15) is 35.5 Å². The second-order valence-electron chi connectivity index (χ2n) is 7.71. The lowest BCUT2D eigenvalue weighted by Crippen LogP contribution is -2.29. The van der Waals surface area contributed by atoms with Crippen LogP contribution in [0.25, 0.3) is 11.4 Å². The maximum absolute atomic E-state index is 12.3. The minimum Gasteiger partial charge on any atom is -0.372 e. The van der Waals surface area contributed by atoms with Crippen molar-refractivity contribution in [2.24, 2.45) is 5.14 Å². The zero-order valence-corrected chi connectivity index (χ0v) is 18.3. The van der Waals surface area contributed by atoms with Gasteiger partial charge in [-0.2, -0.15) is 4.98 Å². The first-order valence-corrected chi connectivity index (χ1v) is 12.0. The second-order valence-corrected chi connectivity index (χ2v) is 9.27. The van der Waals surface area contributed by atoms with Crippen LogP contribution in [0.3, 0.4) is 0 Å². The summed E-state index contributed by atoms with van der Waals surface area (Å²) in [5.41, 5.74) is 2.81. The van der Waals surface area contributed by atoms with E-state index in [-0.39, 0.29) is 10.8 Å². The number of nitrogens with zero attached hydrogens (tertiary/aromatic N) is 3. The lowest BCUT2D eigenvalue weighted by Gasteiger charge is -2.28. The highest BCUT2D eigenvalue weighted by Gasteiger charge is 2.17. The molecule has 3 aromatic rings. The number of aromatic nitrogens is 2. The molecule has 3 N–H and O–H groups in total. The van der Waals surface area contributed by atoms with Crippen molar-refractivity contribution in [1.82, 2.24) is 15.5 Å². The summed E-state index contributed by atoms with van der Waals surface area (Å²) in [7, 11) is -3.72. The number of carbonyl (C=O) groups excluding carboxylic acids is 1. The van der Waals surface area contributed by atoms with Crippen LogP contribution in [-0.2, 0) is 16.4 Å². The largest absolute Gasteiger partial charge is 0.372 e. The maximum atomic E-state index is 12.3. The lowest BCUT2D eigenvalue weighted by atomic mass is 10.1. The van der Waals surface area contributed by atoms with Gasteiger partial charge in [-0.3, -0.25) is 4.79 Å². The first kappa shape index (κ1) is 22.0. The molecule has 1 saturated heterocycles. The molecule has 0 aliphatic carbocycles. The molecule has 9 nitrogen and oxygen atoms in total. The van der Waals surface area contributed by atoms with E-state index in [0.29, 0.717) is 18.8 Å². The van der Waals surface area contributed by atoms with Crippen LogP contribution >= 0.6 is 0 Å². The molecule has 1 aliphatic heterocycles. The van der Waals surface area contributed by atoms with Crippen LogP contribution in [0.2, 0.25) is 0 Å². The molecule has 0 atom stereocenters. The fourth-order valence-corrected chi connectivity index (χ4v) is 4.16. The Balaban J connectivity index is 1.31. The van der Waals surface area contributed by atoms with Crippen molar-refractivity contribution in [2.45, 2.75) is 30.6 Å². The van der Waals surface area contributed by atoms with Gasteiger partial charge >= 0.3 is 11.8 Å². The summed E-state index contributed by atoms with van der Waals surface area (Å²) in [4.78, 5) is 18.9. The van der Waals surface area contributed by atoms with E-state index in [0.717, 1.165) is 24.2 Å². The highest BCUT2D eigenvalue weighted by molar-refractivity contribution is 7.89. The summed E-state index contributed by atoms with van der Waals surface area (Å²) < 4.78 is 27.7. The van der Waals surface area contributed by atoms with Crippen LogP contribution in [0.15, 0.2) is 57.9 Å². The minimum atomic E-state index is -3.72. The molecule has 1 amide bonds. The Kier molecular flexibility index (Phi) is 6.52. The molecule has 2 aromatic carbocycles. The first-order chi connectivity index (χ1) is 15.4. The number of primary sulfonamides is 1. The van der Waals surface area contributed by atoms with Gasteiger partial charge in [0, 0.05) is 30.9 Å². The molecule has 0 saturated carbocycles. The Morgan fingerprint density at radius 1 is 1.03 bits per heavy atom. The third kappa shape index (κ3) is 5.32. The van der Waals surface area contributed by atoms with E-state index in [4.69, 9.17) is 9.66 Å². The fourth-order valence-electron chi connectivity index (χ4n) is 3.65. The van der Waals surface area contributed by atoms with Gasteiger partial charge in [-0.15, -0.1) is 0 Å². The van der Waals surface area contributed by atoms with Gasteiger partial charge in [-0.1, -0.05) is 17.3 Å². The van der Waals surface area contributed by atoms with Crippen molar-refractivity contribution in [3.05, 3.63) is 60.0 Å². The van der Waals surface area contributed by atoms with Crippen LogP contribution in [0, 0.1) is 0 Å². The topological polar surface area (TPSA) is 131 Å². The average Bonchev–Trinajstić information content (AvgIpc) is 3.30. The van der Waals surface area contributed by atoms with Crippen LogP contribution in [0.4, 0.5) is 5.69 Å². The zero-order chi connectivity index (χ0) is 22.6. The number of nitrogens with one attached hydrogen (secondary N) is 1. The molecule has 32 heavy (non-hydrogen) atoms. The molecule has 0 radical (unpaired) electrons. The number of hydrogen-bond acceptors (Lipinski definition) is 7. The number of hydrogen-bond donors (Lipinski definition) is 2. The molecule has 2 heterocycles. The van der Waals surface area contributed by atoms with Crippen LogP contribution in [0.5, 0.6) is 0 Å². The van der Waals surface area contributed by atoms with Crippen molar-refractivity contribution >= 4 is 21.6 Å². The molecule has 0 spiro atoms. The van der Waals surface area contributed by atoms with Gasteiger partial charge in [-0.25, -0.2) is 13.6 Å². The van der Waals surface area contributed by atoms with E-state index in [1.54, 1.807) is 12.1 Å². The summed E-state index contributed by atoms with van der Waals surface area (Å²) in [6, 6.07) is 14.1. The number of sulfonamides is 1. The van der Waals surface area contributed by atoms with Crippen LogP contribution in [-0.4, -0.2) is 44.1 Å². The van der Waals surface area contributed by atoms with E-state index >= 15 is 0 Å². The lowest BCUT2D eigenvalue weighted by molar-refractivity contribution is 0.0910. The van der Waals surface area contributed by atoms with E-state index in [2.05, 4.69) is 20.4 Å². The molecule has 168 valence electrons. The number of carbonyl (C=O) groups is 1. The molecule has 0 bridgehead atoms. The maximum Gasteiger partial charge on any atom is 0.316 e. The second kappa shape index (κ2) is 9.49. The molecule has 4 rings (SSSR count). The molecule has 10 heteroatoms. The standard InChI is InChI=1S/C22H25N5O4S/c23-32(29,30)19-10-4-16(5-11-19)12-13-24-21(28)22-25-20(26-31-22)17-6-8-18(9-7-17)27-14-2-1-3-15-27/h4-11H,1-3,12-15H2,(H,24,28)(H2,23,29,30). The number of nitrogens with two attached hydrogens (primary N) is 1. The smallest absolute Gasteiger partial charge is 0.316 e.